The summed E-state index contributed by atoms with van der Waals surface area (Å²) in [5, 5.41) is 3.35. The average molecular weight is 195 g/mol. The molecule has 3 N–H and O–H groups in total. The number of oxazole rings is 1. The zero-order valence-electron chi connectivity index (χ0n) is 8.33. The van der Waals surface area contributed by atoms with E-state index in [0.717, 1.165) is 31.2 Å². The second kappa shape index (κ2) is 4.57. The van der Waals surface area contributed by atoms with Crippen molar-refractivity contribution in [3.8, 4) is 0 Å². The van der Waals surface area contributed by atoms with Gasteiger partial charge in [0.2, 0.25) is 0 Å². The van der Waals surface area contributed by atoms with Crippen LogP contribution in [0.15, 0.2) is 10.6 Å². The molecule has 1 aromatic rings. The third-order valence-corrected chi connectivity index (χ3v) is 2.61. The molecule has 1 aromatic heterocycles. The summed E-state index contributed by atoms with van der Waals surface area (Å²) < 4.78 is 5.63. The van der Waals surface area contributed by atoms with E-state index in [1.165, 1.54) is 12.8 Å². The maximum Gasteiger partial charge on any atom is 0.198 e. The topological polar surface area (TPSA) is 64.1 Å². The molecule has 2 rings (SSSR count). The van der Waals surface area contributed by atoms with E-state index < -0.39 is 0 Å². The zero-order valence-corrected chi connectivity index (χ0v) is 8.33. The molecule has 1 fully saturated rings. The van der Waals surface area contributed by atoms with Crippen molar-refractivity contribution < 1.29 is 4.42 Å². The third-order valence-electron chi connectivity index (χ3n) is 2.61. The Morgan fingerprint density at radius 2 is 2.57 bits per heavy atom. The number of nitrogens with one attached hydrogen (secondary N) is 1. The van der Waals surface area contributed by atoms with Gasteiger partial charge in [0.1, 0.15) is 5.76 Å². The van der Waals surface area contributed by atoms with Crippen LogP contribution in [-0.4, -0.2) is 24.6 Å². The largest absolute Gasteiger partial charge is 0.445 e. The van der Waals surface area contributed by atoms with E-state index in [1.54, 1.807) is 6.20 Å². The van der Waals surface area contributed by atoms with Crippen LogP contribution in [0.25, 0.3) is 0 Å². The fourth-order valence-electron chi connectivity index (χ4n) is 1.83. The van der Waals surface area contributed by atoms with Crippen molar-refractivity contribution >= 4 is 0 Å². The number of hydrogen-bond acceptors (Lipinski definition) is 4. The van der Waals surface area contributed by atoms with Gasteiger partial charge in [-0.25, -0.2) is 4.98 Å². The molecule has 0 aliphatic carbocycles. The second-order valence-corrected chi connectivity index (χ2v) is 3.75. The molecular formula is C10H17N3O. The van der Waals surface area contributed by atoms with Crippen LogP contribution < -0.4 is 11.1 Å². The molecule has 1 saturated heterocycles. The quantitative estimate of drug-likeness (QED) is 0.743. The number of nitrogens with zero attached hydrogens (tertiary/aromatic N) is 1. The molecule has 14 heavy (non-hydrogen) atoms. The molecule has 1 atom stereocenters. The Labute approximate surface area is 83.9 Å². The van der Waals surface area contributed by atoms with Gasteiger partial charge in [-0.05, 0) is 25.9 Å². The molecule has 0 aromatic carbocycles. The van der Waals surface area contributed by atoms with E-state index in [1.807, 2.05) is 0 Å². The minimum absolute atomic E-state index is 0.454. The summed E-state index contributed by atoms with van der Waals surface area (Å²) in [6, 6.07) is 0. The Morgan fingerprint density at radius 3 is 3.29 bits per heavy atom. The second-order valence-electron chi connectivity index (χ2n) is 3.75. The van der Waals surface area contributed by atoms with Crippen molar-refractivity contribution in [1.82, 2.24) is 10.3 Å². The first-order valence-corrected chi connectivity index (χ1v) is 5.25. The molecule has 4 heteroatoms. The predicted octanol–water partition coefficient (Wildman–Crippen LogP) is 0.643. The van der Waals surface area contributed by atoms with Crippen LogP contribution in [0.2, 0.25) is 0 Å². The first-order chi connectivity index (χ1) is 6.90. The lowest BCUT2D eigenvalue weighted by atomic mass is 10.00. The van der Waals surface area contributed by atoms with Gasteiger partial charge >= 0.3 is 0 Å². The van der Waals surface area contributed by atoms with Crippen molar-refractivity contribution in [1.29, 1.82) is 0 Å². The zero-order chi connectivity index (χ0) is 9.80. The summed E-state index contributed by atoms with van der Waals surface area (Å²) >= 11 is 0. The van der Waals surface area contributed by atoms with Crippen LogP contribution in [-0.2, 0) is 6.42 Å². The van der Waals surface area contributed by atoms with Crippen LogP contribution >= 0.6 is 0 Å². The molecule has 4 nitrogen and oxygen atoms in total. The number of aromatic nitrogens is 1. The van der Waals surface area contributed by atoms with Gasteiger partial charge in [-0.3, -0.25) is 0 Å². The molecule has 0 saturated carbocycles. The van der Waals surface area contributed by atoms with E-state index in [4.69, 9.17) is 10.2 Å². The van der Waals surface area contributed by atoms with E-state index in [2.05, 4.69) is 10.3 Å². The molecule has 1 unspecified atom stereocenters. The fourth-order valence-corrected chi connectivity index (χ4v) is 1.83. The molecule has 0 bridgehead atoms. The summed E-state index contributed by atoms with van der Waals surface area (Å²) in [6.45, 7) is 2.73. The highest BCUT2D eigenvalue weighted by molar-refractivity contribution is 5.01. The van der Waals surface area contributed by atoms with Crippen molar-refractivity contribution in [2.75, 3.05) is 19.6 Å². The number of nitrogens with two attached hydrogens (primary N) is 1. The number of piperidine rings is 1. The first-order valence-electron chi connectivity index (χ1n) is 5.25. The molecule has 1 aliphatic heterocycles. The molecule has 0 amide bonds. The van der Waals surface area contributed by atoms with Gasteiger partial charge in [0.15, 0.2) is 5.89 Å². The Hall–Kier alpha value is -0.870. The van der Waals surface area contributed by atoms with Crippen molar-refractivity contribution in [3.05, 3.63) is 17.8 Å². The van der Waals surface area contributed by atoms with Crippen molar-refractivity contribution in [3.63, 3.8) is 0 Å². The van der Waals surface area contributed by atoms with Gasteiger partial charge in [0.25, 0.3) is 0 Å². The number of hydrogen-bond donors (Lipinski definition) is 2. The Kier molecular flexibility index (Phi) is 3.16. The summed E-state index contributed by atoms with van der Waals surface area (Å²) in [5.41, 5.74) is 5.45. The smallest absolute Gasteiger partial charge is 0.198 e. The SMILES string of the molecule is NCCc1cnc(C2CCCNC2)o1. The minimum Gasteiger partial charge on any atom is -0.445 e. The lowest BCUT2D eigenvalue weighted by molar-refractivity contribution is 0.363. The van der Waals surface area contributed by atoms with Crippen molar-refractivity contribution in [2.45, 2.75) is 25.2 Å². The highest BCUT2D eigenvalue weighted by Gasteiger charge is 2.19. The van der Waals surface area contributed by atoms with Gasteiger partial charge in [-0.1, -0.05) is 0 Å². The van der Waals surface area contributed by atoms with E-state index in [9.17, 15) is 0 Å². The van der Waals surface area contributed by atoms with Crippen molar-refractivity contribution in [2.24, 2.45) is 5.73 Å². The van der Waals surface area contributed by atoms with E-state index in [-0.39, 0.29) is 0 Å². The van der Waals surface area contributed by atoms with E-state index >= 15 is 0 Å². The molecule has 0 radical (unpaired) electrons. The van der Waals surface area contributed by atoms with Gasteiger partial charge in [0, 0.05) is 18.9 Å². The van der Waals surface area contributed by atoms with Gasteiger partial charge in [-0.2, -0.15) is 0 Å². The Bertz CT molecular complexity index is 279. The normalized spacial score (nSPS) is 22.5. The monoisotopic (exact) mass is 195 g/mol. The minimum atomic E-state index is 0.454. The summed E-state index contributed by atoms with van der Waals surface area (Å²) in [6.07, 6.45) is 4.97. The first kappa shape index (κ1) is 9.68. The van der Waals surface area contributed by atoms with Crippen LogP contribution in [0.5, 0.6) is 0 Å². The van der Waals surface area contributed by atoms with Crippen LogP contribution in [0, 0.1) is 0 Å². The average Bonchev–Trinajstić information content (AvgIpc) is 2.68. The lowest BCUT2D eigenvalue weighted by Gasteiger charge is -2.19. The predicted molar refractivity (Wildman–Crippen MR) is 54.1 cm³/mol. The summed E-state index contributed by atoms with van der Waals surface area (Å²) in [5.74, 6) is 2.24. The molecule has 1 aliphatic rings. The van der Waals surface area contributed by atoms with Gasteiger partial charge in [-0.15, -0.1) is 0 Å². The highest BCUT2D eigenvalue weighted by atomic mass is 16.4. The van der Waals surface area contributed by atoms with Gasteiger partial charge in [0.05, 0.1) is 6.20 Å². The van der Waals surface area contributed by atoms with Crippen LogP contribution in [0.4, 0.5) is 0 Å². The molecular weight excluding hydrogens is 178 g/mol. The fraction of sp³-hybridized carbons (Fsp3) is 0.700. The van der Waals surface area contributed by atoms with E-state index in [0.29, 0.717) is 12.5 Å². The molecule has 0 spiro atoms. The maximum atomic E-state index is 5.63. The number of rotatable bonds is 3. The third kappa shape index (κ3) is 2.13. The summed E-state index contributed by atoms with van der Waals surface area (Å²) in [7, 11) is 0. The maximum absolute atomic E-state index is 5.63. The van der Waals surface area contributed by atoms with Crippen LogP contribution in [0.1, 0.15) is 30.4 Å². The molecule has 2 heterocycles. The standard InChI is InChI=1S/C10H17N3O/c11-4-3-9-7-13-10(14-9)8-2-1-5-12-6-8/h7-8,12H,1-6,11H2. The van der Waals surface area contributed by atoms with Crippen LogP contribution in [0.3, 0.4) is 0 Å². The van der Waals surface area contributed by atoms with Gasteiger partial charge < -0.3 is 15.5 Å². The lowest BCUT2D eigenvalue weighted by Crippen LogP contribution is -2.28. The summed E-state index contributed by atoms with van der Waals surface area (Å²) in [4.78, 5) is 4.30. The Balaban J connectivity index is 2.00. The highest BCUT2D eigenvalue weighted by Crippen LogP contribution is 2.22. The Morgan fingerprint density at radius 1 is 1.64 bits per heavy atom. The molecule has 78 valence electrons.